The zero-order valence-electron chi connectivity index (χ0n) is 11.5. The maximum absolute atomic E-state index is 4.51. The third kappa shape index (κ3) is 6.15. The molecule has 0 atom stereocenters. The number of anilines is 2. The van der Waals surface area contributed by atoms with E-state index in [-0.39, 0.29) is 0 Å². The summed E-state index contributed by atoms with van der Waals surface area (Å²) in [7, 11) is 0. The highest BCUT2D eigenvalue weighted by Gasteiger charge is 2.09. The molecule has 1 heterocycles. The fourth-order valence-electron chi connectivity index (χ4n) is 1.45. The van der Waals surface area contributed by atoms with Crippen molar-refractivity contribution in [1.82, 2.24) is 4.98 Å². The summed E-state index contributed by atoms with van der Waals surface area (Å²) in [5, 5.41) is 6.66. The van der Waals surface area contributed by atoms with E-state index >= 15 is 0 Å². The van der Waals surface area contributed by atoms with Gasteiger partial charge in [0.1, 0.15) is 11.6 Å². The van der Waals surface area contributed by atoms with Gasteiger partial charge in [0.25, 0.3) is 0 Å². The predicted octanol–water partition coefficient (Wildman–Crippen LogP) is 3.75. The van der Waals surface area contributed by atoms with Crippen molar-refractivity contribution in [2.24, 2.45) is 5.41 Å². The molecule has 1 rings (SSSR count). The smallest absolute Gasteiger partial charge is 0.128 e. The van der Waals surface area contributed by atoms with E-state index in [2.05, 4.69) is 43.3 Å². The van der Waals surface area contributed by atoms with Crippen molar-refractivity contribution >= 4 is 11.6 Å². The number of aromatic nitrogens is 1. The monoisotopic (exact) mass is 235 g/mol. The van der Waals surface area contributed by atoms with Gasteiger partial charge in [0.2, 0.25) is 0 Å². The highest BCUT2D eigenvalue weighted by atomic mass is 15.1. The SMILES string of the molecule is CCCNc1cccc(NCCC(C)(C)C)n1. The lowest BCUT2D eigenvalue weighted by Crippen LogP contribution is -2.13. The van der Waals surface area contributed by atoms with Crippen LogP contribution in [0.5, 0.6) is 0 Å². The van der Waals surface area contributed by atoms with Gasteiger partial charge in [-0.15, -0.1) is 0 Å². The third-order valence-corrected chi connectivity index (χ3v) is 2.49. The molecule has 0 aliphatic heterocycles. The Bertz CT molecular complexity index is 328. The number of nitrogens with one attached hydrogen (secondary N) is 2. The quantitative estimate of drug-likeness (QED) is 0.788. The molecule has 0 saturated heterocycles. The van der Waals surface area contributed by atoms with E-state index < -0.39 is 0 Å². The van der Waals surface area contributed by atoms with Crippen LogP contribution >= 0.6 is 0 Å². The zero-order chi connectivity index (χ0) is 12.7. The van der Waals surface area contributed by atoms with Crippen molar-refractivity contribution in [3.8, 4) is 0 Å². The minimum atomic E-state index is 0.366. The first-order chi connectivity index (χ1) is 8.01. The van der Waals surface area contributed by atoms with Crippen LogP contribution in [0.4, 0.5) is 11.6 Å². The molecule has 3 nitrogen and oxygen atoms in total. The molecule has 0 saturated carbocycles. The minimum absolute atomic E-state index is 0.366. The summed E-state index contributed by atoms with van der Waals surface area (Å²) in [6.07, 6.45) is 2.25. The molecule has 3 heteroatoms. The average Bonchev–Trinajstić information content (AvgIpc) is 2.25. The van der Waals surface area contributed by atoms with Gasteiger partial charge in [-0.25, -0.2) is 4.98 Å². The van der Waals surface area contributed by atoms with Crippen LogP contribution in [0.25, 0.3) is 0 Å². The van der Waals surface area contributed by atoms with Crippen LogP contribution in [0.3, 0.4) is 0 Å². The average molecular weight is 235 g/mol. The van der Waals surface area contributed by atoms with Crippen LogP contribution in [-0.4, -0.2) is 18.1 Å². The molecule has 1 aromatic heterocycles. The highest BCUT2D eigenvalue weighted by Crippen LogP contribution is 2.18. The number of hydrogen-bond acceptors (Lipinski definition) is 3. The van der Waals surface area contributed by atoms with Crippen molar-refractivity contribution in [3.63, 3.8) is 0 Å². The summed E-state index contributed by atoms with van der Waals surface area (Å²) < 4.78 is 0. The number of rotatable bonds is 6. The molecule has 0 aliphatic carbocycles. The molecule has 0 aromatic carbocycles. The summed E-state index contributed by atoms with van der Waals surface area (Å²) in [4.78, 5) is 4.51. The summed E-state index contributed by atoms with van der Waals surface area (Å²) in [6.45, 7) is 10.8. The second kappa shape index (κ2) is 6.48. The predicted molar refractivity (Wildman–Crippen MR) is 75.6 cm³/mol. The van der Waals surface area contributed by atoms with Crippen molar-refractivity contribution in [2.75, 3.05) is 23.7 Å². The second-order valence-electron chi connectivity index (χ2n) is 5.57. The maximum Gasteiger partial charge on any atom is 0.128 e. The van der Waals surface area contributed by atoms with Gasteiger partial charge in [-0.05, 0) is 30.4 Å². The van der Waals surface area contributed by atoms with Gasteiger partial charge in [0, 0.05) is 13.1 Å². The third-order valence-electron chi connectivity index (χ3n) is 2.49. The largest absolute Gasteiger partial charge is 0.370 e. The molecular formula is C14H25N3. The number of pyridine rings is 1. The van der Waals surface area contributed by atoms with E-state index in [1.54, 1.807) is 0 Å². The van der Waals surface area contributed by atoms with Gasteiger partial charge in [-0.3, -0.25) is 0 Å². The van der Waals surface area contributed by atoms with Crippen LogP contribution in [0.2, 0.25) is 0 Å². The van der Waals surface area contributed by atoms with Gasteiger partial charge in [-0.2, -0.15) is 0 Å². The fraction of sp³-hybridized carbons (Fsp3) is 0.643. The Hall–Kier alpha value is -1.25. The molecule has 17 heavy (non-hydrogen) atoms. The van der Waals surface area contributed by atoms with Crippen molar-refractivity contribution < 1.29 is 0 Å². The molecule has 0 amide bonds. The summed E-state index contributed by atoms with van der Waals surface area (Å²) in [5.74, 6) is 1.91. The van der Waals surface area contributed by atoms with E-state index in [0.717, 1.165) is 37.6 Å². The Morgan fingerprint density at radius 3 is 2.18 bits per heavy atom. The molecule has 96 valence electrons. The first-order valence-electron chi connectivity index (χ1n) is 6.46. The first kappa shape index (κ1) is 13.8. The van der Waals surface area contributed by atoms with Gasteiger partial charge in [0.05, 0.1) is 0 Å². The molecule has 0 spiro atoms. The summed E-state index contributed by atoms with van der Waals surface area (Å²) in [5.41, 5.74) is 0.366. The topological polar surface area (TPSA) is 37.0 Å². The van der Waals surface area contributed by atoms with Crippen molar-refractivity contribution in [1.29, 1.82) is 0 Å². The van der Waals surface area contributed by atoms with E-state index in [9.17, 15) is 0 Å². The van der Waals surface area contributed by atoms with Crippen LogP contribution in [0.15, 0.2) is 18.2 Å². The van der Waals surface area contributed by atoms with Crippen molar-refractivity contribution in [2.45, 2.75) is 40.5 Å². The van der Waals surface area contributed by atoms with E-state index in [0.29, 0.717) is 5.41 Å². The molecule has 0 unspecified atom stereocenters. The zero-order valence-corrected chi connectivity index (χ0v) is 11.5. The van der Waals surface area contributed by atoms with Crippen LogP contribution in [0, 0.1) is 5.41 Å². The normalized spacial score (nSPS) is 11.3. The van der Waals surface area contributed by atoms with E-state index in [1.165, 1.54) is 0 Å². The van der Waals surface area contributed by atoms with Gasteiger partial charge >= 0.3 is 0 Å². The Balaban J connectivity index is 2.43. The van der Waals surface area contributed by atoms with Crippen molar-refractivity contribution in [3.05, 3.63) is 18.2 Å². The van der Waals surface area contributed by atoms with E-state index in [4.69, 9.17) is 0 Å². The first-order valence-corrected chi connectivity index (χ1v) is 6.46. The molecule has 0 radical (unpaired) electrons. The molecule has 1 aromatic rings. The van der Waals surface area contributed by atoms with Gasteiger partial charge < -0.3 is 10.6 Å². The Morgan fingerprint density at radius 1 is 1.06 bits per heavy atom. The second-order valence-corrected chi connectivity index (χ2v) is 5.57. The minimum Gasteiger partial charge on any atom is -0.370 e. The Labute approximate surface area is 105 Å². The number of hydrogen-bond donors (Lipinski definition) is 2. The van der Waals surface area contributed by atoms with Crippen LogP contribution in [0.1, 0.15) is 40.5 Å². The number of nitrogens with zero attached hydrogens (tertiary/aromatic N) is 1. The standard InChI is InChI=1S/C14H25N3/c1-5-10-15-12-7-6-8-13(17-12)16-11-9-14(2,3)4/h6-8H,5,9-11H2,1-4H3,(H2,15,16,17). The Kier molecular flexibility index (Phi) is 5.26. The maximum atomic E-state index is 4.51. The lowest BCUT2D eigenvalue weighted by Gasteiger charge is -2.18. The molecule has 0 fully saturated rings. The van der Waals surface area contributed by atoms with Gasteiger partial charge in [0.15, 0.2) is 0 Å². The fourth-order valence-corrected chi connectivity index (χ4v) is 1.45. The Morgan fingerprint density at radius 2 is 1.65 bits per heavy atom. The van der Waals surface area contributed by atoms with E-state index in [1.807, 2.05) is 18.2 Å². The summed E-state index contributed by atoms with van der Waals surface area (Å²) in [6, 6.07) is 6.05. The lowest BCUT2D eigenvalue weighted by molar-refractivity contribution is 0.389. The molecule has 0 aliphatic rings. The van der Waals surface area contributed by atoms with Crippen LogP contribution < -0.4 is 10.6 Å². The lowest BCUT2D eigenvalue weighted by atomic mass is 9.92. The molecule has 2 N–H and O–H groups in total. The summed E-state index contributed by atoms with van der Waals surface area (Å²) >= 11 is 0. The molecule has 0 bridgehead atoms. The van der Waals surface area contributed by atoms with Crippen LogP contribution in [-0.2, 0) is 0 Å². The highest BCUT2D eigenvalue weighted by molar-refractivity contribution is 5.44. The molecular weight excluding hydrogens is 210 g/mol. The van der Waals surface area contributed by atoms with Gasteiger partial charge in [-0.1, -0.05) is 33.8 Å².